The van der Waals surface area contributed by atoms with E-state index >= 15 is 0 Å². The van der Waals surface area contributed by atoms with Gasteiger partial charge in [-0.25, -0.2) is 0 Å². The third kappa shape index (κ3) is 40.2. The van der Waals surface area contributed by atoms with Crippen molar-refractivity contribution in [2.24, 2.45) is 0 Å². The number of phosphoric acid groups is 1. The van der Waals surface area contributed by atoms with E-state index in [4.69, 9.17) is 9.05 Å². The van der Waals surface area contributed by atoms with Gasteiger partial charge in [0.1, 0.15) is 13.2 Å². The van der Waals surface area contributed by atoms with Gasteiger partial charge in [-0.05, 0) is 57.8 Å². The van der Waals surface area contributed by atoms with Crippen LogP contribution in [0.4, 0.5) is 0 Å². The second kappa shape index (κ2) is 37.8. The zero-order valence-corrected chi connectivity index (χ0v) is 37.0. The van der Waals surface area contributed by atoms with Crippen LogP contribution in [-0.2, 0) is 18.4 Å². The fourth-order valence-electron chi connectivity index (χ4n) is 6.01. The Morgan fingerprint density at radius 1 is 0.655 bits per heavy atom. The molecule has 0 heterocycles. The third-order valence-electron chi connectivity index (χ3n) is 9.52. The molecule has 0 aliphatic carbocycles. The minimum atomic E-state index is -4.57. The van der Waals surface area contributed by atoms with Crippen LogP contribution in [0.1, 0.15) is 174 Å². The molecule has 8 nitrogen and oxygen atoms in total. The molecule has 3 unspecified atom stereocenters. The van der Waals surface area contributed by atoms with E-state index in [1.54, 1.807) is 0 Å². The van der Waals surface area contributed by atoms with Crippen molar-refractivity contribution in [1.29, 1.82) is 0 Å². The fourth-order valence-corrected chi connectivity index (χ4v) is 6.73. The number of quaternary nitrogens is 1. The van der Waals surface area contributed by atoms with Crippen LogP contribution in [0.15, 0.2) is 60.8 Å². The summed E-state index contributed by atoms with van der Waals surface area (Å²) in [6.07, 6.45) is 47.9. The maximum Gasteiger partial charge on any atom is 0.268 e. The van der Waals surface area contributed by atoms with Crippen LogP contribution < -0.4 is 10.2 Å². The summed E-state index contributed by atoms with van der Waals surface area (Å²) in [4.78, 5) is 25.3. The monoisotopic (exact) mass is 793 g/mol. The number of unbranched alkanes of at least 4 members (excludes halogenated alkanes) is 16. The number of carbonyl (C=O) groups excluding carboxylic acids is 1. The number of aliphatic hydroxyl groups is 1. The van der Waals surface area contributed by atoms with Crippen LogP contribution in [0, 0.1) is 0 Å². The molecule has 0 aliphatic heterocycles. The lowest BCUT2D eigenvalue weighted by Gasteiger charge is -2.30. The number of rotatable bonds is 39. The second-order valence-electron chi connectivity index (χ2n) is 16.0. The molecule has 2 N–H and O–H groups in total. The maximum absolute atomic E-state index is 12.9. The van der Waals surface area contributed by atoms with Crippen molar-refractivity contribution in [3.63, 3.8) is 0 Å². The summed E-state index contributed by atoms with van der Waals surface area (Å²) in [5.41, 5.74) is 0. The number of nitrogens with zero attached hydrogens (tertiary/aromatic N) is 1. The van der Waals surface area contributed by atoms with Crippen molar-refractivity contribution in [2.45, 2.75) is 187 Å². The highest BCUT2D eigenvalue weighted by molar-refractivity contribution is 7.45. The highest BCUT2D eigenvalue weighted by Gasteiger charge is 2.24. The molecule has 0 bridgehead atoms. The molecular weight excluding hydrogens is 707 g/mol. The predicted octanol–water partition coefficient (Wildman–Crippen LogP) is 11.6. The number of phosphoric ester groups is 1. The van der Waals surface area contributed by atoms with Gasteiger partial charge >= 0.3 is 0 Å². The molecule has 0 aliphatic rings. The van der Waals surface area contributed by atoms with E-state index in [0.29, 0.717) is 23.9 Å². The average molecular weight is 793 g/mol. The molecule has 0 radical (unpaired) electrons. The molecule has 0 aromatic carbocycles. The van der Waals surface area contributed by atoms with Crippen LogP contribution in [0.25, 0.3) is 0 Å². The Hall–Kier alpha value is -1.80. The van der Waals surface area contributed by atoms with Crippen LogP contribution in [0.5, 0.6) is 0 Å². The normalized spacial score (nSPS) is 15.0. The summed E-state index contributed by atoms with van der Waals surface area (Å²) in [5.74, 6) is -0.199. The summed E-state index contributed by atoms with van der Waals surface area (Å²) < 4.78 is 23.2. The van der Waals surface area contributed by atoms with Gasteiger partial charge < -0.3 is 28.8 Å². The first-order valence-corrected chi connectivity index (χ1v) is 23.6. The molecule has 0 rings (SSSR count). The number of allylic oxidation sites excluding steroid dienone is 10. The minimum absolute atomic E-state index is 0.00251. The first kappa shape index (κ1) is 53.2. The summed E-state index contributed by atoms with van der Waals surface area (Å²) in [5, 5.41) is 13.9. The zero-order valence-electron chi connectivity index (χ0n) is 36.1. The van der Waals surface area contributed by atoms with Crippen molar-refractivity contribution in [1.82, 2.24) is 5.32 Å². The van der Waals surface area contributed by atoms with E-state index in [9.17, 15) is 19.4 Å². The molecule has 0 aromatic heterocycles. The van der Waals surface area contributed by atoms with E-state index in [1.807, 2.05) is 21.1 Å². The number of amides is 1. The van der Waals surface area contributed by atoms with Gasteiger partial charge in [0.05, 0.1) is 39.9 Å². The number of likely N-dealkylation sites (N-methyl/N-ethyl adjacent to an activating group) is 1. The molecule has 1 amide bonds. The molecule has 9 heteroatoms. The molecule has 0 saturated heterocycles. The zero-order chi connectivity index (χ0) is 40.7. The Bertz CT molecular complexity index is 1080. The van der Waals surface area contributed by atoms with Crippen molar-refractivity contribution in [3.05, 3.63) is 60.8 Å². The van der Waals surface area contributed by atoms with Gasteiger partial charge in [0.25, 0.3) is 7.82 Å². The first-order valence-electron chi connectivity index (χ1n) is 22.1. The predicted molar refractivity (Wildman–Crippen MR) is 233 cm³/mol. The molecular formula is C46H85N2O6P. The lowest BCUT2D eigenvalue weighted by atomic mass is 10.0. The molecule has 0 saturated carbocycles. The summed E-state index contributed by atoms with van der Waals surface area (Å²) >= 11 is 0. The largest absolute Gasteiger partial charge is 0.756 e. The Kier molecular flexibility index (Phi) is 36.5. The van der Waals surface area contributed by atoms with E-state index in [-0.39, 0.29) is 19.1 Å². The van der Waals surface area contributed by atoms with Crippen LogP contribution in [0.3, 0.4) is 0 Å². The second-order valence-corrected chi connectivity index (χ2v) is 17.4. The highest BCUT2D eigenvalue weighted by Crippen LogP contribution is 2.38. The van der Waals surface area contributed by atoms with Gasteiger partial charge in [0, 0.05) is 6.42 Å². The molecule has 0 fully saturated rings. The number of carbonyl (C=O) groups is 1. The quantitative estimate of drug-likeness (QED) is 0.0278. The Morgan fingerprint density at radius 2 is 1.11 bits per heavy atom. The molecule has 55 heavy (non-hydrogen) atoms. The standard InChI is InChI=1S/C46H85N2O6P/c1-6-8-10-12-14-16-18-20-22-23-24-25-26-28-30-32-34-36-38-40-46(50)47-44(43-54-55(51,52)53-42-41-48(3,4)5)45(49)39-37-35-33-31-29-27-21-19-17-15-13-11-9-7-2/h8,10,14,16,20,22,24-25,28,30,44-45,49H,6-7,9,11-13,15,17-19,21,23,26-27,29,31-43H2,1-5H3,(H-,47,50,51,52)/b10-8-,16-14-,22-20-,25-24-,30-28-. The van der Waals surface area contributed by atoms with Crippen molar-refractivity contribution in [2.75, 3.05) is 40.9 Å². The van der Waals surface area contributed by atoms with Gasteiger partial charge in [-0.1, -0.05) is 171 Å². The Balaban J connectivity index is 4.45. The topological polar surface area (TPSA) is 108 Å². The Labute approximate surface area is 339 Å². The summed E-state index contributed by atoms with van der Waals surface area (Å²) in [6.45, 7) is 4.56. The van der Waals surface area contributed by atoms with Gasteiger partial charge in [-0.15, -0.1) is 0 Å². The highest BCUT2D eigenvalue weighted by atomic mass is 31.2. The number of aliphatic hydroxyl groups excluding tert-OH is 1. The van der Waals surface area contributed by atoms with Crippen LogP contribution >= 0.6 is 7.82 Å². The molecule has 320 valence electrons. The maximum atomic E-state index is 12.9. The SMILES string of the molecule is CC/C=C\C/C=C\C/C=C\C/C=C\C/C=C\CCCCCC(=O)NC(COP(=O)([O-])OCC[N+](C)(C)C)C(O)CCCCCCCCCCCCCCCC. The first-order chi connectivity index (χ1) is 26.5. The van der Waals surface area contributed by atoms with Crippen LogP contribution in [-0.4, -0.2) is 68.5 Å². The van der Waals surface area contributed by atoms with Crippen LogP contribution in [0.2, 0.25) is 0 Å². The molecule has 0 aromatic rings. The van der Waals surface area contributed by atoms with Gasteiger partial charge in [0.15, 0.2) is 0 Å². The van der Waals surface area contributed by atoms with Crippen molar-refractivity contribution in [3.8, 4) is 0 Å². The number of nitrogens with one attached hydrogen (secondary N) is 1. The minimum Gasteiger partial charge on any atom is -0.756 e. The molecule has 3 atom stereocenters. The summed E-state index contributed by atoms with van der Waals surface area (Å²) in [6, 6.07) is -0.819. The van der Waals surface area contributed by atoms with Crippen molar-refractivity contribution >= 4 is 13.7 Å². The molecule has 0 spiro atoms. The summed E-state index contributed by atoms with van der Waals surface area (Å²) in [7, 11) is 1.27. The van der Waals surface area contributed by atoms with Gasteiger partial charge in [-0.3, -0.25) is 9.36 Å². The number of hydrogen-bond acceptors (Lipinski definition) is 6. The van der Waals surface area contributed by atoms with E-state index in [2.05, 4.69) is 79.9 Å². The Morgan fingerprint density at radius 3 is 1.60 bits per heavy atom. The average Bonchev–Trinajstić information content (AvgIpc) is 3.13. The smallest absolute Gasteiger partial charge is 0.268 e. The van der Waals surface area contributed by atoms with E-state index < -0.39 is 20.0 Å². The fraction of sp³-hybridized carbons (Fsp3) is 0.761. The van der Waals surface area contributed by atoms with Crippen molar-refractivity contribution < 1.29 is 32.9 Å². The number of hydrogen-bond donors (Lipinski definition) is 2. The third-order valence-corrected chi connectivity index (χ3v) is 10.5. The van der Waals surface area contributed by atoms with Gasteiger partial charge in [0.2, 0.25) is 5.91 Å². The lowest BCUT2D eigenvalue weighted by Crippen LogP contribution is -2.46. The lowest BCUT2D eigenvalue weighted by molar-refractivity contribution is -0.870. The van der Waals surface area contributed by atoms with Gasteiger partial charge in [-0.2, -0.15) is 0 Å². The van der Waals surface area contributed by atoms with E-state index in [0.717, 1.165) is 77.0 Å². The van der Waals surface area contributed by atoms with E-state index in [1.165, 1.54) is 70.6 Å².